The number of fused-ring (bicyclic) bond motifs is 4. The van der Waals surface area contributed by atoms with Crippen LogP contribution in [0.5, 0.6) is 0 Å². The molecule has 0 aliphatic rings. The molecule has 52 heavy (non-hydrogen) atoms. The Bertz CT molecular complexity index is 2850. The molecule has 10 rings (SSSR count). The van der Waals surface area contributed by atoms with Crippen LogP contribution in [0.2, 0.25) is 0 Å². The van der Waals surface area contributed by atoms with E-state index in [0.29, 0.717) is 0 Å². The first-order chi connectivity index (χ1) is 25.8. The zero-order valence-corrected chi connectivity index (χ0v) is 29.2. The Kier molecular flexibility index (Phi) is 7.41. The molecule has 0 N–H and O–H groups in total. The molecule has 1 nitrogen and oxygen atoms in total. The summed E-state index contributed by atoms with van der Waals surface area (Å²) in [5.41, 5.74) is 14.5. The number of hydrogen-bond donors (Lipinski definition) is 0. The molecule has 0 unspecified atom stereocenters. The standard InChI is InChI=1S/C50H33NS/c1-4-13-34(14-5-1)36-23-25-38(26-24-36)41-31-32-45-44(33-41)48(39-29-27-37(28-30-39)35-15-6-2-7-16-35)49(40-17-8-3-9-18-40)51(45)46-21-12-20-43-42-19-10-11-22-47(42)52-50(43)46/h1-33H. The fraction of sp³-hybridized carbons (Fsp3) is 0. The molecule has 2 aromatic heterocycles. The van der Waals surface area contributed by atoms with E-state index in [2.05, 4.69) is 205 Å². The zero-order valence-electron chi connectivity index (χ0n) is 28.4. The van der Waals surface area contributed by atoms with Gasteiger partial charge in [0, 0.05) is 26.4 Å². The summed E-state index contributed by atoms with van der Waals surface area (Å²) in [4.78, 5) is 0. The smallest absolute Gasteiger partial charge is 0.0641 e. The van der Waals surface area contributed by atoms with Crippen molar-refractivity contribution in [2.75, 3.05) is 0 Å². The van der Waals surface area contributed by atoms with Gasteiger partial charge in [-0.25, -0.2) is 0 Å². The van der Waals surface area contributed by atoms with Crippen LogP contribution in [0, 0.1) is 0 Å². The van der Waals surface area contributed by atoms with E-state index in [9.17, 15) is 0 Å². The Hall–Kier alpha value is -6.48. The normalized spacial score (nSPS) is 11.5. The largest absolute Gasteiger partial charge is 0.307 e. The molecule has 0 atom stereocenters. The summed E-state index contributed by atoms with van der Waals surface area (Å²) < 4.78 is 5.12. The van der Waals surface area contributed by atoms with Crippen LogP contribution >= 0.6 is 11.3 Å². The van der Waals surface area contributed by atoms with Gasteiger partial charge < -0.3 is 4.57 Å². The Morgan fingerprint density at radius 2 is 0.808 bits per heavy atom. The van der Waals surface area contributed by atoms with E-state index in [1.54, 1.807) is 0 Å². The summed E-state index contributed by atoms with van der Waals surface area (Å²) in [6, 6.07) is 72.8. The molecule has 2 heteroatoms. The number of nitrogens with zero attached hydrogens (tertiary/aromatic N) is 1. The molecule has 2 heterocycles. The molecule has 10 aromatic rings. The van der Waals surface area contributed by atoms with E-state index >= 15 is 0 Å². The van der Waals surface area contributed by atoms with Crippen LogP contribution < -0.4 is 0 Å². The first-order valence-corrected chi connectivity index (χ1v) is 18.6. The van der Waals surface area contributed by atoms with Gasteiger partial charge in [0.2, 0.25) is 0 Å². The molecule has 0 saturated heterocycles. The van der Waals surface area contributed by atoms with Crippen molar-refractivity contribution in [1.29, 1.82) is 0 Å². The van der Waals surface area contributed by atoms with Gasteiger partial charge in [0.25, 0.3) is 0 Å². The van der Waals surface area contributed by atoms with Crippen molar-refractivity contribution >= 4 is 42.4 Å². The lowest BCUT2D eigenvalue weighted by atomic mass is 9.94. The SMILES string of the molecule is c1ccc(-c2ccc(-c3ccc4c(c3)c(-c3ccc(-c5ccccc5)cc3)c(-c3ccccc3)n4-c3cccc4c3sc3ccccc34)cc2)cc1. The third kappa shape index (κ3) is 5.16. The van der Waals surface area contributed by atoms with Gasteiger partial charge >= 0.3 is 0 Å². The minimum Gasteiger partial charge on any atom is -0.307 e. The fourth-order valence-electron chi connectivity index (χ4n) is 7.74. The van der Waals surface area contributed by atoms with Gasteiger partial charge in [0.1, 0.15) is 0 Å². The molecule has 0 aliphatic carbocycles. The van der Waals surface area contributed by atoms with Crippen LogP contribution in [0.25, 0.3) is 92.5 Å². The lowest BCUT2D eigenvalue weighted by Crippen LogP contribution is -1.98. The maximum Gasteiger partial charge on any atom is 0.0641 e. The number of thiophene rings is 1. The third-order valence-corrected chi connectivity index (χ3v) is 11.5. The average Bonchev–Trinajstić information content (AvgIpc) is 3.78. The van der Waals surface area contributed by atoms with E-state index < -0.39 is 0 Å². The van der Waals surface area contributed by atoms with Crippen LogP contribution in [0.1, 0.15) is 0 Å². The molecule has 0 aliphatic heterocycles. The van der Waals surface area contributed by atoms with Crippen LogP contribution in [-0.4, -0.2) is 4.57 Å². The van der Waals surface area contributed by atoms with E-state index in [0.717, 1.165) is 0 Å². The maximum atomic E-state index is 2.52. The Morgan fingerprint density at radius 3 is 1.44 bits per heavy atom. The van der Waals surface area contributed by atoms with Crippen LogP contribution in [0.3, 0.4) is 0 Å². The highest BCUT2D eigenvalue weighted by atomic mass is 32.1. The number of hydrogen-bond acceptors (Lipinski definition) is 1. The average molecular weight is 680 g/mol. The van der Waals surface area contributed by atoms with E-state index in [1.807, 2.05) is 11.3 Å². The number of benzene rings is 8. The highest BCUT2D eigenvalue weighted by Gasteiger charge is 2.24. The molecule has 0 bridgehead atoms. The molecule has 0 radical (unpaired) electrons. The second-order valence-corrected chi connectivity index (χ2v) is 14.3. The Morgan fingerprint density at radius 1 is 0.327 bits per heavy atom. The zero-order chi connectivity index (χ0) is 34.4. The summed E-state index contributed by atoms with van der Waals surface area (Å²) in [7, 11) is 0. The minimum atomic E-state index is 1.19. The summed E-state index contributed by atoms with van der Waals surface area (Å²) in [6.45, 7) is 0. The third-order valence-electron chi connectivity index (χ3n) is 10.2. The van der Waals surface area contributed by atoms with Crippen molar-refractivity contribution in [3.63, 3.8) is 0 Å². The van der Waals surface area contributed by atoms with Gasteiger partial charge in [-0.1, -0.05) is 176 Å². The summed E-state index contributed by atoms with van der Waals surface area (Å²) in [5.74, 6) is 0. The lowest BCUT2D eigenvalue weighted by Gasteiger charge is -2.14. The first kappa shape index (κ1) is 30.4. The Labute approximate surface area is 307 Å². The molecule has 8 aromatic carbocycles. The van der Waals surface area contributed by atoms with Crippen LogP contribution in [0.15, 0.2) is 200 Å². The summed E-state index contributed by atoms with van der Waals surface area (Å²) in [5, 5.41) is 3.83. The van der Waals surface area contributed by atoms with Crippen molar-refractivity contribution < 1.29 is 0 Å². The maximum absolute atomic E-state index is 2.52. The van der Waals surface area contributed by atoms with Gasteiger partial charge in [0.05, 0.1) is 21.6 Å². The van der Waals surface area contributed by atoms with Crippen molar-refractivity contribution in [3.05, 3.63) is 200 Å². The van der Waals surface area contributed by atoms with Crippen molar-refractivity contribution in [3.8, 4) is 61.5 Å². The topological polar surface area (TPSA) is 4.93 Å². The second-order valence-electron chi connectivity index (χ2n) is 13.3. The molecule has 0 saturated carbocycles. The Balaban J connectivity index is 1.25. The summed E-state index contributed by atoms with van der Waals surface area (Å²) >= 11 is 1.88. The number of aromatic nitrogens is 1. The predicted molar refractivity (Wildman–Crippen MR) is 223 cm³/mol. The molecular formula is C50H33NS. The van der Waals surface area contributed by atoms with Gasteiger partial charge in [-0.3, -0.25) is 0 Å². The van der Waals surface area contributed by atoms with Crippen molar-refractivity contribution in [1.82, 2.24) is 4.57 Å². The predicted octanol–water partition coefficient (Wildman–Crippen LogP) is 14.3. The lowest BCUT2D eigenvalue weighted by molar-refractivity contribution is 1.15. The van der Waals surface area contributed by atoms with Crippen molar-refractivity contribution in [2.24, 2.45) is 0 Å². The second kappa shape index (κ2) is 12.7. The highest BCUT2D eigenvalue weighted by Crippen LogP contribution is 2.47. The molecule has 0 amide bonds. The molecule has 0 fully saturated rings. The molecule has 0 spiro atoms. The quantitative estimate of drug-likeness (QED) is 0.165. The monoisotopic (exact) mass is 679 g/mol. The van der Waals surface area contributed by atoms with Gasteiger partial charge in [-0.05, 0) is 68.8 Å². The van der Waals surface area contributed by atoms with E-state index in [4.69, 9.17) is 0 Å². The van der Waals surface area contributed by atoms with Gasteiger partial charge in [-0.2, -0.15) is 0 Å². The van der Waals surface area contributed by atoms with Gasteiger partial charge in [-0.15, -0.1) is 11.3 Å². The van der Waals surface area contributed by atoms with Crippen molar-refractivity contribution in [2.45, 2.75) is 0 Å². The summed E-state index contributed by atoms with van der Waals surface area (Å²) in [6.07, 6.45) is 0. The minimum absolute atomic E-state index is 1.19. The molecular weight excluding hydrogens is 647 g/mol. The number of rotatable bonds is 6. The first-order valence-electron chi connectivity index (χ1n) is 17.8. The van der Waals surface area contributed by atoms with E-state index in [-0.39, 0.29) is 0 Å². The van der Waals surface area contributed by atoms with Gasteiger partial charge in [0.15, 0.2) is 0 Å². The van der Waals surface area contributed by atoms with Crippen LogP contribution in [-0.2, 0) is 0 Å². The fourth-order valence-corrected chi connectivity index (χ4v) is 8.94. The van der Waals surface area contributed by atoms with Crippen LogP contribution in [0.4, 0.5) is 0 Å². The highest BCUT2D eigenvalue weighted by molar-refractivity contribution is 7.26. The van der Waals surface area contributed by atoms with E-state index in [1.165, 1.54) is 92.5 Å². The molecule has 244 valence electrons.